The molecule has 28 heavy (non-hydrogen) atoms. The largest absolute Gasteiger partial charge is 0.495 e. The molecule has 2 heterocycles. The van der Waals surface area contributed by atoms with Crippen LogP contribution in [0.25, 0.3) is 16.9 Å². The summed E-state index contributed by atoms with van der Waals surface area (Å²) in [6.45, 7) is 1.57. The van der Waals surface area contributed by atoms with Crippen molar-refractivity contribution in [1.82, 2.24) is 20.0 Å². The van der Waals surface area contributed by atoms with Gasteiger partial charge in [-0.25, -0.2) is 13.8 Å². The summed E-state index contributed by atoms with van der Waals surface area (Å²) in [5.41, 5.74) is 4.38. The van der Waals surface area contributed by atoms with Crippen LogP contribution in [0.4, 0.5) is 8.78 Å². The summed E-state index contributed by atoms with van der Waals surface area (Å²) in [7, 11) is 1.62. The summed E-state index contributed by atoms with van der Waals surface area (Å²) in [6, 6.07) is 5.60. The highest BCUT2D eigenvalue weighted by molar-refractivity contribution is 5.68. The van der Waals surface area contributed by atoms with E-state index in [2.05, 4.69) is 15.5 Å². The Morgan fingerprint density at radius 2 is 2.25 bits per heavy atom. The summed E-state index contributed by atoms with van der Waals surface area (Å²) in [4.78, 5) is 4.26. The molecule has 1 unspecified atom stereocenters. The molecule has 2 aromatic heterocycles. The molecule has 0 saturated carbocycles. The first kappa shape index (κ1) is 18.6. The van der Waals surface area contributed by atoms with Crippen LogP contribution in [0.15, 0.2) is 35.2 Å². The molecule has 0 aliphatic heterocycles. The van der Waals surface area contributed by atoms with Gasteiger partial charge >= 0.3 is 0 Å². The van der Waals surface area contributed by atoms with Gasteiger partial charge in [-0.05, 0) is 38.3 Å². The van der Waals surface area contributed by atoms with Gasteiger partial charge in [0.05, 0.1) is 37.4 Å². The number of benzene rings is 1. The summed E-state index contributed by atoms with van der Waals surface area (Å²) in [6.07, 6.45) is 3.74. The third kappa shape index (κ3) is 3.52. The molecular formula is C20H22F2N4O2. The molecule has 0 radical (unpaired) electrons. The number of aromatic nitrogens is 3. The van der Waals surface area contributed by atoms with Gasteiger partial charge in [-0.15, -0.1) is 0 Å². The van der Waals surface area contributed by atoms with Crippen molar-refractivity contribution in [2.45, 2.75) is 38.7 Å². The zero-order valence-corrected chi connectivity index (χ0v) is 15.8. The van der Waals surface area contributed by atoms with Crippen LogP contribution in [0.2, 0.25) is 0 Å². The Morgan fingerprint density at radius 1 is 1.39 bits per heavy atom. The number of methoxy groups -OCH3 is 1. The second kappa shape index (κ2) is 7.71. The Balaban J connectivity index is 1.67. The third-order valence-electron chi connectivity index (χ3n) is 5.02. The second-order valence-corrected chi connectivity index (χ2v) is 6.93. The molecule has 1 aromatic carbocycles. The summed E-state index contributed by atoms with van der Waals surface area (Å²) >= 11 is 0. The van der Waals surface area contributed by atoms with Crippen LogP contribution in [-0.2, 0) is 6.42 Å². The van der Waals surface area contributed by atoms with Crippen LogP contribution >= 0.6 is 0 Å². The molecule has 1 aliphatic rings. The number of aryl methyl sites for hydroxylation is 1. The first-order valence-corrected chi connectivity index (χ1v) is 9.26. The fourth-order valence-corrected chi connectivity index (χ4v) is 3.70. The number of hydrogen-bond acceptors (Lipinski definition) is 5. The average molecular weight is 388 g/mol. The quantitative estimate of drug-likeness (QED) is 0.689. The number of nitrogens with zero attached hydrogens (tertiary/aromatic N) is 3. The molecule has 1 N–H and O–H groups in total. The summed E-state index contributed by atoms with van der Waals surface area (Å²) in [5.74, 6) is 1.35. The van der Waals surface area contributed by atoms with Crippen LogP contribution in [0.1, 0.15) is 35.9 Å². The number of hydrogen-bond donors (Lipinski definition) is 1. The summed E-state index contributed by atoms with van der Waals surface area (Å²) < 4.78 is 38.2. The molecule has 148 valence electrons. The molecule has 6 nitrogen and oxygen atoms in total. The number of fused-ring (bicyclic) bond motifs is 1. The van der Waals surface area contributed by atoms with Crippen molar-refractivity contribution in [3.63, 3.8) is 0 Å². The second-order valence-electron chi connectivity index (χ2n) is 6.93. The highest BCUT2D eigenvalue weighted by Crippen LogP contribution is 2.38. The highest BCUT2D eigenvalue weighted by Gasteiger charge is 2.29. The van der Waals surface area contributed by atoms with Crippen LogP contribution in [0, 0.1) is 6.92 Å². The predicted octanol–water partition coefficient (Wildman–Crippen LogP) is 4.08. The van der Waals surface area contributed by atoms with E-state index in [0.29, 0.717) is 11.5 Å². The molecule has 3 aromatic rings. The number of imidazole rings is 1. The van der Waals surface area contributed by atoms with Crippen molar-refractivity contribution in [3.8, 4) is 22.7 Å². The third-order valence-corrected chi connectivity index (χ3v) is 5.02. The van der Waals surface area contributed by atoms with Crippen molar-refractivity contribution >= 4 is 0 Å². The smallest absolute Gasteiger partial charge is 0.250 e. The molecular weight excluding hydrogens is 366 g/mol. The van der Waals surface area contributed by atoms with Crippen molar-refractivity contribution < 1.29 is 18.0 Å². The van der Waals surface area contributed by atoms with Gasteiger partial charge in [-0.3, -0.25) is 0 Å². The Morgan fingerprint density at radius 3 is 2.96 bits per heavy atom. The van der Waals surface area contributed by atoms with E-state index in [4.69, 9.17) is 9.26 Å². The fourth-order valence-electron chi connectivity index (χ4n) is 3.70. The van der Waals surface area contributed by atoms with Gasteiger partial charge in [0, 0.05) is 17.3 Å². The first-order valence-electron chi connectivity index (χ1n) is 9.26. The Hall–Kier alpha value is -2.74. The lowest BCUT2D eigenvalue weighted by molar-refractivity contribution is 0.137. The van der Waals surface area contributed by atoms with Gasteiger partial charge < -0.3 is 19.1 Å². The minimum absolute atomic E-state index is 0.228. The summed E-state index contributed by atoms with van der Waals surface area (Å²) in [5, 5.41) is 7.13. The maximum Gasteiger partial charge on any atom is 0.250 e. The number of ether oxygens (including phenoxy) is 1. The lowest BCUT2D eigenvalue weighted by atomic mass is 9.90. The van der Waals surface area contributed by atoms with E-state index >= 15 is 0 Å². The van der Waals surface area contributed by atoms with Crippen LogP contribution < -0.4 is 10.1 Å². The lowest BCUT2D eigenvalue weighted by Crippen LogP contribution is -2.28. The number of rotatable bonds is 6. The Labute approximate surface area is 161 Å². The minimum atomic E-state index is -2.39. The van der Waals surface area contributed by atoms with E-state index in [0.717, 1.165) is 47.5 Å². The van der Waals surface area contributed by atoms with Crippen molar-refractivity contribution in [3.05, 3.63) is 47.7 Å². The van der Waals surface area contributed by atoms with Crippen molar-refractivity contribution in [2.24, 2.45) is 0 Å². The lowest BCUT2D eigenvalue weighted by Gasteiger charge is -2.21. The van der Waals surface area contributed by atoms with E-state index in [1.807, 2.05) is 35.9 Å². The molecule has 4 rings (SSSR count). The number of halogens is 2. The topological polar surface area (TPSA) is 65.1 Å². The van der Waals surface area contributed by atoms with Crippen molar-refractivity contribution in [1.29, 1.82) is 0 Å². The Kier molecular flexibility index (Phi) is 5.13. The molecule has 0 bridgehead atoms. The van der Waals surface area contributed by atoms with Gasteiger partial charge in [0.1, 0.15) is 11.4 Å². The SMILES string of the molecule is COc1cc(-c2noc3c2CCCC3NCC(F)F)ccc1-n1cnc(C)c1. The van der Waals surface area contributed by atoms with E-state index in [1.165, 1.54) is 0 Å². The molecule has 0 amide bonds. The number of nitrogens with one attached hydrogen (secondary N) is 1. The maximum absolute atomic E-state index is 12.6. The monoisotopic (exact) mass is 388 g/mol. The van der Waals surface area contributed by atoms with Crippen LogP contribution in [0.5, 0.6) is 5.75 Å². The molecule has 0 spiro atoms. The Bertz CT molecular complexity index is 967. The predicted molar refractivity (Wildman–Crippen MR) is 100 cm³/mol. The van der Waals surface area contributed by atoms with E-state index in [9.17, 15) is 8.78 Å². The van der Waals surface area contributed by atoms with Gasteiger partial charge in [-0.1, -0.05) is 11.2 Å². The van der Waals surface area contributed by atoms with Gasteiger partial charge in [-0.2, -0.15) is 0 Å². The standard InChI is InChI=1S/C20H22F2N4O2/c1-12-10-26(11-24-12)16-7-6-13(8-17(16)27-2)19-14-4-3-5-15(20(14)28-25-19)23-9-18(21)22/h6-8,10-11,15,18,23H,3-5,9H2,1-2H3. The minimum Gasteiger partial charge on any atom is -0.495 e. The fraction of sp³-hybridized carbons (Fsp3) is 0.400. The van der Waals surface area contributed by atoms with Crippen LogP contribution in [-0.4, -0.2) is 34.8 Å². The first-order chi connectivity index (χ1) is 13.6. The van der Waals surface area contributed by atoms with E-state index in [-0.39, 0.29) is 12.6 Å². The van der Waals surface area contributed by atoms with Crippen LogP contribution in [0.3, 0.4) is 0 Å². The molecule has 1 aliphatic carbocycles. The van der Waals surface area contributed by atoms with E-state index in [1.54, 1.807) is 13.4 Å². The zero-order valence-electron chi connectivity index (χ0n) is 15.8. The average Bonchev–Trinajstić information content (AvgIpc) is 3.32. The zero-order chi connectivity index (χ0) is 19.7. The molecule has 0 fully saturated rings. The van der Waals surface area contributed by atoms with Gasteiger partial charge in [0.25, 0.3) is 6.43 Å². The highest BCUT2D eigenvalue weighted by atomic mass is 19.3. The maximum atomic E-state index is 12.6. The van der Waals surface area contributed by atoms with Gasteiger partial charge in [0.2, 0.25) is 0 Å². The normalized spacial score (nSPS) is 16.4. The molecule has 1 atom stereocenters. The molecule has 8 heteroatoms. The van der Waals surface area contributed by atoms with Gasteiger partial charge in [0.15, 0.2) is 5.76 Å². The van der Waals surface area contributed by atoms with Crippen molar-refractivity contribution in [2.75, 3.05) is 13.7 Å². The van der Waals surface area contributed by atoms with E-state index < -0.39 is 6.43 Å². The molecule has 0 saturated heterocycles. The number of alkyl halides is 2.